The average molecular weight is 538 g/mol. The van der Waals surface area contributed by atoms with Gasteiger partial charge in [-0.25, -0.2) is 9.36 Å². The number of esters is 1. The van der Waals surface area contributed by atoms with Gasteiger partial charge in [0.05, 0.1) is 25.4 Å². The highest BCUT2D eigenvalue weighted by atomic mass is 31.2. The zero-order chi connectivity index (χ0) is 27.2. The second-order valence-electron chi connectivity index (χ2n) is 8.75. The number of hydrogen-bond donors (Lipinski definition) is 3. The van der Waals surface area contributed by atoms with Gasteiger partial charge in [0.1, 0.15) is 24.1 Å². The molecular formula is C24H32N3O9P. The number of aliphatic hydroxyl groups excluding tert-OH is 1. The minimum atomic E-state index is -4.19. The first-order valence-electron chi connectivity index (χ1n) is 11.7. The summed E-state index contributed by atoms with van der Waals surface area (Å²) in [4.78, 5) is 38.8. The van der Waals surface area contributed by atoms with Gasteiger partial charge in [0.2, 0.25) is 0 Å². The van der Waals surface area contributed by atoms with E-state index in [9.17, 15) is 24.1 Å². The number of aliphatic hydroxyl groups is 1. The molecule has 1 aliphatic rings. The number of nitrogens with one attached hydrogen (secondary N) is 2. The summed E-state index contributed by atoms with van der Waals surface area (Å²) in [6.45, 7) is 4.81. The van der Waals surface area contributed by atoms with Crippen LogP contribution in [0.2, 0.25) is 0 Å². The number of aromatic amines is 1. The molecule has 0 spiro atoms. The van der Waals surface area contributed by atoms with Crippen LogP contribution in [0.1, 0.15) is 39.0 Å². The van der Waals surface area contributed by atoms with Crippen molar-refractivity contribution in [3.8, 4) is 5.75 Å². The molecule has 0 radical (unpaired) electrons. The summed E-state index contributed by atoms with van der Waals surface area (Å²) in [6.07, 6.45) is 1.57. The SMILES string of the molecule is C/C=C/c1cn(C2CC(O)C(COP(=O)(N[C@H](C(=O)OC)C(C)C)Oc3ccccc3)O2)c(=O)[nH]c1=O. The molecule has 37 heavy (non-hydrogen) atoms. The van der Waals surface area contributed by atoms with Crippen molar-refractivity contribution in [3.05, 3.63) is 69.0 Å². The molecule has 0 aliphatic carbocycles. The van der Waals surface area contributed by atoms with Gasteiger partial charge in [-0.05, 0) is 25.0 Å². The average Bonchev–Trinajstić information content (AvgIpc) is 3.23. The summed E-state index contributed by atoms with van der Waals surface area (Å²) in [5.74, 6) is -0.741. The van der Waals surface area contributed by atoms with E-state index in [0.29, 0.717) is 0 Å². The van der Waals surface area contributed by atoms with Gasteiger partial charge in [0.25, 0.3) is 5.56 Å². The molecule has 1 fully saturated rings. The van der Waals surface area contributed by atoms with E-state index in [1.807, 2.05) is 0 Å². The lowest BCUT2D eigenvalue weighted by Crippen LogP contribution is -2.41. The van der Waals surface area contributed by atoms with Gasteiger partial charge < -0.3 is 19.1 Å². The molecule has 1 saturated heterocycles. The van der Waals surface area contributed by atoms with E-state index in [0.717, 1.165) is 0 Å². The summed E-state index contributed by atoms with van der Waals surface area (Å²) < 4.78 is 36.8. The molecule has 12 nitrogen and oxygen atoms in total. The highest BCUT2D eigenvalue weighted by molar-refractivity contribution is 7.52. The van der Waals surface area contributed by atoms with Crippen molar-refractivity contribution < 1.29 is 33.0 Å². The Morgan fingerprint density at radius 2 is 2.03 bits per heavy atom. The predicted molar refractivity (Wildman–Crippen MR) is 135 cm³/mol. The molecule has 2 aromatic rings. The number of hydrogen-bond acceptors (Lipinski definition) is 9. The Kier molecular flexibility index (Phi) is 9.63. The predicted octanol–water partition coefficient (Wildman–Crippen LogP) is 2.21. The number of ether oxygens (including phenoxy) is 2. The van der Waals surface area contributed by atoms with E-state index >= 15 is 0 Å². The Hall–Kier alpha value is -3.02. The van der Waals surface area contributed by atoms with E-state index in [4.69, 9.17) is 18.5 Å². The maximum Gasteiger partial charge on any atom is 0.459 e. The molecule has 1 aliphatic heterocycles. The minimum absolute atomic E-state index is 0.0172. The highest BCUT2D eigenvalue weighted by Gasteiger charge is 2.40. The highest BCUT2D eigenvalue weighted by Crippen LogP contribution is 2.46. The second kappa shape index (κ2) is 12.5. The van der Waals surface area contributed by atoms with Gasteiger partial charge in [0.15, 0.2) is 0 Å². The summed E-state index contributed by atoms with van der Waals surface area (Å²) in [5, 5.41) is 13.2. The van der Waals surface area contributed by atoms with E-state index in [-0.39, 0.29) is 30.3 Å². The lowest BCUT2D eigenvalue weighted by Gasteiger charge is -2.27. The molecule has 0 amide bonds. The van der Waals surface area contributed by atoms with Crippen molar-refractivity contribution in [1.29, 1.82) is 0 Å². The molecular weight excluding hydrogens is 505 g/mol. The molecule has 202 valence electrons. The number of methoxy groups -OCH3 is 1. The standard InChI is InChI=1S/C24H32N3O9P/c1-5-9-16-13-27(24(31)25-22(16)29)20-12-18(28)19(35-20)14-34-37(32,36-17-10-7-6-8-11-17)26-21(15(2)3)23(30)33-4/h5-11,13,15,18-21,28H,12,14H2,1-4H3,(H,26,32)(H,25,29,31)/b9-5+/t18?,19?,20?,21-,37?/m0/s1. The monoisotopic (exact) mass is 537 g/mol. The molecule has 3 N–H and O–H groups in total. The van der Waals surface area contributed by atoms with Crippen LogP contribution in [0.15, 0.2) is 52.2 Å². The van der Waals surface area contributed by atoms with Crippen LogP contribution in [0, 0.1) is 5.92 Å². The van der Waals surface area contributed by atoms with E-state index in [2.05, 4.69) is 10.1 Å². The van der Waals surface area contributed by atoms with Crippen molar-refractivity contribution in [2.75, 3.05) is 13.7 Å². The third kappa shape index (κ3) is 7.27. The zero-order valence-electron chi connectivity index (χ0n) is 21.0. The summed E-state index contributed by atoms with van der Waals surface area (Å²) >= 11 is 0. The Bertz CT molecular complexity index is 1260. The van der Waals surface area contributed by atoms with Crippen molar-refractivity contribution in [3.63, 3.8) is 0 Å². The van der Waals surface area contributed by atoms with Crippen LogP contribution < -0.4 is 20.9 Å². The topological polar surface area (TPSA) is 158 Å². The number of nitrogens with zero attached hydrogens (tertiary/aromatic N) is 1. The number of carbonyl (C=O) groups is 1. The number of para-hydroxylation sites is 1. The fourth-order valence-electron chi connectivity index (χ4n) is 3.70. The fourth-order valence-corrected chi connectivity index (χ4v) is 5.37. The van der Waals surface area contributed by atoms with Gasteiger partial charge >= 0.3 is 19.4 Å². The van der Waals surface area contributed by atoms with Gasteiger partial charge in [-0.15, -0.1) is 0 Å². The van der Waals surface area contributed by atoms with Gasteiger partial charge in [-0.1, -0.05) is 44.2 Å². The van der Waals surface area contributed by atoms with Crippen LogP contribution in [-0.2, 0) is 23.4 Å². The maximum atomic E-state index is 13.7. The molecule has 2 heterocycles. The molecule has 1 aromatic carbocycles. The second-order valence-corrected chi connectivity index (χ2v) is 10.4. The summed E-state index contributed by atoms with van der Waals surface area (Å²) in [6, 6.07) is 7.24. The van der Waals surface area contributed by atoms with Crippen molar-refractivity contribution in [1.82, 2.24) is 14.6 Å². The number of rotatable bonds is 11. The third-order valence-electron chi connectivity index (χ3n) is 5.65. The molecule has 5 atom stereocenters. The first-order chi connectivity index (χ1) is 17.6. The number of carbonyl (C=O) groups excluding carboxylic acids is 1. The quantitative estimate of drug-likeness (QED) is 0.287. The number of aromatic nitrogens is 2. The number of H-pyrrole nitrogens is 1. The van der Waals surface area contributed by atoms with E-state index < -0.39 is 49.4 Å². The first kappa shape index (κ1) is 28.5. The number of allylic oxidation sites excluding steroid dienone is 1. The fraction of sp³-hybridized carbons (Fsp3) is 0.458. The van der Waals surface area contributed by atoms with Crippen LogP contribution >= 0.6 is 7.75 Å². The van der Waals surface area contributed by atoms with Gasteiger partial charge in [-0.3, -0.25) is 23.7 Å². The van der Waals surface area contributed by atoms with Crippen LogP contribution in [0.3, 0.4) is 0 Å². The van der Waals surface area contributed by atoms with Crippen LogP contribution in [0.25, 0.3) is 6.08 Å². The molecule has 4 unspecified atom stereocenters. The van der Waals surface area contributed by atoms with Crippen molar-refractivity contribution in [2.24, 2.45) is 5.92 Å². The minimum Gasteiger partial charge on any atom is -0.468 e. The lowest BCUT2D eigenvalue weighted by atomic mass is 10.1. The summed E-state index contributed by atoms with van der Waals surface area (Å²) in [5.41, 5.74) is -1.00. The molecule has 13 heteroatoms. The molecule has 0 saturated carbocycles. The Labute approximate surface area is 213 Å². The van der Waals surface area contributed by atoms with E-state index in [1.54, 1.807) is 57.2 Å². The molecule has 1 aromatic heterocycles. The third-order valence-corrected chi connectivity index (χ3v) is 7.19. The van der Waals surface area contributed by atoms with Crippen LogP contribution in [0.5, 0.6) is 5.75 Å². The molecule has 0 bridgehead atoms. The van der Waals surface area contributed by atoms with Gasteiger partial charge in [-0.2, -0.15) is 5.09 Å². The Morgan fingerprint density at radius 3 is 2.65 bits per heavy atom. The Morgan fingerprint density at radius 1 is 1.32 bits per heavy atom. The first-order valence-corrected chi connectivity index (χ1v) is 13.3. The van der Waals surface area contributed by atoms with Gasteiger partial charge in [0, 0.05) is 12.6 Å². The normalized spacial score (nSPS) is 22.2. The Balaban J connectivity index is 1.80. The van der Waals surface area contributed by atoms with Crippen LogP contribution in [0.4, 0.5) is 0 Å². The van der Waals surface area contributed by atoms with E-state index in [1.165, 1.54) is 23.9 Å². The number of benzene rings is 1. The largest absolute Gasteiger partial charge is 0.468 e. The van der Waals surface area contributed by atoms with Crippen molar-refractivity contribution in [2.45, 2.75) is 51.7 Å². The smallest absolute Gasteiger partial charge is 0.459 e. The molecule has 3 rings (SSSR count). The zero-order valence-corrected chi connectivity index (χ0v) is 21.9. The maximum absolute atomic E-state index is 13.7. The van der Waals surface area contributed by atoms with Crippen molar-refractivity contribution >= 4 is 19.8 Å². The van der Waals surface area contributed by atoms with Crippen LogP contribution in [-0.4, -0.2) is 52.6 Å². The lowest BCUT2D eigenvalue weighted by molar-refractivity contribution is -0.143. The summed E-state index contributed by atoms with van der Waals surface area (Å²) in [7, 11) is -2.97.